The molecule has 2 aromatic carbocycles. The van der Waals surface area contributed by atoms with E-state index in [1.54, 1.807) is 19.3 Å². The minimum Gasteiger partial charge on any atom is -0.389 e. The van der Waals surface area contributed by atoms with Crippen LogP contribution < -0.4 is 0 Å². The molecule has 0 radical (unpaired) electrons. The van der Waals surface area contributed by atoms with Crippen molar-refractivity contribution >= 4 is 22.6 Å². The Morgan fingerprint density at radius 2 is 2.00 bits per heavy atom. The predicted molar refractivity (Wildman–Crippen MR) is 76.7 cm³/mol. The van der Waals surface area contributed by atoms with Gasteiger partial charge in [0.1, 0.15) is 6.33 Å². The lowest BCUT2D eigenvalue weighted by atomic mass is 10.1. The molecule has 96 valence electrons. The number of aromatic nitrogens is 2. The number of nitrogens with zero attached hydrogens (tertiary/aromatic N) is 2. The SMILES string of the molecule is C[C@@H](O)c1ccc(-n2cnc3ccccc32)c(Cl)c1. The van der Waals surface area contributed by atoms with Gasteiger partial charge in [-0.15, -0.1) is 0 Å². The number of hydrogen-bond donors (Lipinski definition) is 1. The van der Waals surface area contributed by atoms with Gasteiger partial charge in [-0.2, -0.15) is 0 Å². The van der Waals surface area contributed by atoms with Gasteiger partial charge in [0.25, 0.3) is 0 Å². The summed E-state index contributed by atoms with van der Waals surface area (Å²) in [6.07, 6.45) is 1.24. The third kappa shape index (κ3) is 2.11. The molecular formula is C15H13ClN2O. The van der Waals surface area contributed by atoms with Crippen LogP contribution in [0.25, 0.3) is 16.7 Å². The topological polar surface area (TPSA) is 38.0 Å². The molecule has 0 spiro atoms. The van der Waals surface area contributed by atoms with E-state index in [2.05, 4.69) is 4.98 Å². The molecular weight excluding hydrogens is 260 g/mol. The summed E-state index contributed by atoms with van der Waals surface area (Å²) in [5, 5.41) is 10.2. The molecule has 0 unspecified atom stereocenters. The van der Waals surface area contributed by atoms with E-state index >= 15 is 0 Å². The molecule has 3 aromatic rings. The maximum absolute atomic E-state index is 9.56. The molecule has 0 aliphatic carbocycles. The first-order valence-corrected chi connectivity index (χ1v) is 6.44. The summed E-state index contributed by atoms with van der Waals surface area (Å²) in [6.45, 7) is 1.72. The van der Waals surface area contributed by atoms with E-state index in [9.17, 15) is 5.11 Å². The first-order valence-electron chi connectivity index (χ1n) is 6.07. The summed E-state index contributed by atoms with van der Waals surface area (Å²) in [5.74, 6) is 0. The fraction of sp³-hybridized carbons (Fsp3) is 0.133. The number of imidazole rings is 1. The summed E-state index contributed by atoms with van der Waals surface area (Å²) in [5.41, 5.74) is 3.60. The molecule has 19 heavy (non-hydrogen) atoms. The Morgan fingerprint density at radius 3 is 2.74 bits per heavy atom. The quantitative estimate of drug-likeness (QED) is 0.772. The molecule has 0 bridgehead atoms. The standard InChI is InChI=1S/C15H13ClN2O/c1-10(19)11-6-7-14(12(16)8-11)18-9-17-13-4-2-3-5-15(13)18/h2-10,19H,1H3/t10-/m1/s1. The van der Waals surface area contributed by atoms with E-state index in [1.807, 2.05) is 41.0 Å². The molecule has 1 atom stereocenters. The Hall–Kier alpha value is -1.84. The van der Waals surface area contributed by atoms with Crippen LogP contribution in [-0.2, 0) is 0 Å². The fourth-order valence-corrected chi connectivity index (χ4v) is 2.41. The molecule has 0 aliphatic heterocycles. The Labute approximate surface area is 116 Å². The van der Waals surface area contributed by atoms with Gasteiger partial charge in [-0.05, 0) is 36.8 Å². The number of hydrogen-bond acceptors (Lipinski definition) is 2. The van der Waals surface area contributed by atoms with Crippen molar-refractivity contribution in [3.8, 4) is 5.69 Å². The molecule has 0 fully saturated rings. The van der Waals surface area contributed by atoms with Crippen molar-refractivity contribution in [1.82, 2.24) is 9.55 Å². The van der Waals surface area contributed by atoms with Crippen molar-refractivity contribution in [2.24, 2.45) is 0 Å². The van der Waals surface area contributed by atoms with Crippen molar-refractivity contribution in [1.29, 1.82) is 0 Å². The number of fused-ring (bicyclic) bond motifs is 1. The van der Waals surface area contributed by atoms with Crippen molar-refractivity contribution < 1.29 is 5.11 Å². The van der Waals surface area contributed by atoms with Crippen LogP contribution in [-0.4, -0.2) is 14.7 Å². The zero-order valence-corrected chi connectivity index (χ0v) is 11.2. The predicted octanol–water partition coefficient (Wildman–Crippen LogP) is 3.73. The van der Waals surface area contributed by atoms with Crippen molar-refractivity contribution in [2.75, 3.05) is 0 Å². The fourth-order valence-electron chi connectivity index (χ4n) is 2.13. The maximum atomic E-state index is 9.56. The highest BCUT2D eigenvalue weighted by Crippen LogP contribution is 2.27. The van der Waals surface area contributed by atoms with E-state index in [0.29, 0.717) is 5.02 Å². The molecule has 1 heterocycles. The molecule has 3 rings (SSSR count). The number of para-hydroxylation sites is 2. The first-order chi connectivity index (χ1) is 9.16. The lowest BCUT2D eigenvalue weighted by Gasteiger charge is -2.10. The minimum atomic E-state index is -0.522. The normalized spacial score (nSPS) is 12.8. The highest BCUT2D eigenvalue weighted by atomic mass is 35.5. The van der Waals surface area contributed by atoms with Gasteiger partial charge in [0.05, 0.1) is 27.8 Å². The monoisotopic (exact) mass is 272 g/mol. The van der Waals surface area contributed by atoms with Crippen LogP contribution in [0.3, 0.4) is 0 Å². The van der Waals surface area contributed by atoms with Crippen LogP contribution in [0, 0.1) is 0 Å². The Morgan fingerprint density at radius 1 is 1.21 bits per heavy atom. The zero-order valence-electron chi connectivity index (χ0n) is 10.4. The highest BCUT2D eigenvalue weighted by Gasteiger charge is 2.09. The Bertz CT molecular complexity index is 734. The van der Waals surface area contributed by atoms with Crippen molar-refractivity contribution in [2.45, 2.75) is 13.0 Å². The molecule has 0 saturated carbocycles. The number of benzene rings is 2. The molecule has 1 N–H and O–H groups in total. The number of aliphatic hydroxyl groups is 1. The van der Waals surface area contributed by atoms with Crippen LogP contribution >= 0.6 is 11.6 Å². The first kappa shape index (κ1) is 12.2. The van der Waals surface area contributed by atoms with Crippen LogP contribution in [0.4, 0.5) is 0 Å². The van der Waals surface area contributed by atoms with Crippen molar-refractivity contribution in [3.05, 3.63) is 59.4 Å². The van der Waals surface area contributed by atoms with Gasteiger partial charge in [-0.1, -0.05) is 29.8 Å². The molecule has 0 saturated heterocycles. The molecule has 1 aromatic heterocycles. The lowest BCUT2D eigenvalue weighted by Crippen LogP contribution is -1.96. The smallest absolute Gasteiger partial charge is 0.100 e. The van der Waals surface area contributed by atoms with Gasteiger partial charge < -0.3 is 5.11 Å². The van der Waals surface area contributed by atoms with E-state index in [0.717, 1.165) is 22.3 Å². The summed E-state index contributed by atoms with van der Waals surface area (Å²) in [7, 11) is 0. The number of rotatable bonds is 2. The highest BCUT2D eigenvalue weighted by molar-refractivity contribution is 6.32. The van der Waals surface area contributed by atoms with Gasteiger partial charge in [-0.3, -0.25) is 4.57 Å². The number of aliphatic hydroxyl groups excluding tert-OH is 1. The largest absolute Gasteiger partial charge is 0.389 e. The maximum Gasteiger partial charge on any atom is 0.100 e. The third-order valence-electron chi connectivity index (χ3n) is 3.17. The Kier molecular flexibility index (Phi) is 3.01. The molecule has 0 aliphatic rings. The van der Waals surface area contributed by atoms with Crippen LogP contribution in [0.15, 0.2) is 48.8 Å². The zero-order chi connectivity index (χ0) is 13.4. The Balaban J connectivity index is 2.17. The van der Waals surface area contributed by atoms with E-state index in [-0.39, 0.29) is 0 Å². The van der Waals surface area contributed by atoms with Crippen LogP contribution in [0.1, 0.15) is 18.6 Å². The molecule has 4 heteroatoms. The van der Waals surface area contributed by atoms with Crippen LogP contribution in [0.5, 0.6) is 0 Å². The number of halogens is 1. The van der Waals surface area contributed by atoms with Gasteiger partial charge in [-0.25, -0.2) is 4.98 Å². The van der Waals surface area contributed by atoms with Gasteiger partial charge in [0.2, 0.25) is 0 Å². The van der Waals surface area contributed by atoms with E-state index in [4.69, 9.17) is 11.6 Å². The minimum absolute atomic E-state index is 0.522. The second-order valence-corrected chi connectivity index (χ2v) is 4.90. The average molecular weight is 273 g/mol. The summed E-state index contributed by atoms with van der Waals surface area (Å²) in [6, 6.07) is 13.5. The summed E-state index contributed by atoms with van der Waals surface area (Å²) in [4.78, 5) is 4.35. The van der Waals surface area contributed by atoms with Gasteiger partial charge in [0.15, 0.2) is 0 Å². The van der Waals surface area contributed by atoms with Gasteiger partial charge in [0, 0.05) is 0 Å². The van der Waals surface area contributed by atoms with E-state index < -0.39 is 6.10 Å². The average Bonchev–Trinajstić information content (AvgIpc) is 2.82. The third-order valence-corrected chi connectivity index (χ3v) is 3.47. The summed E-state index contributed by atoms with van der Waals surface area (Å²) >= 11 is 6.31. The lowest BCUT2D eigenvalue weighted by molar-refractivity contribution is 0.199. The van der Waals surface area contributed by atoms with E-state index in [1.165, 1.54) is 0 Å². The second-order valence-electron chi connectivity index (χ2n) is 4.49. The molecule has 3 nitrogen and oxygen atoms in total. The van der Waals surface area contributed by atoms with Crippen LogP contribution in [0.2, 0.25) is 5.02 Å². The van der Waals surface area contributed by atoms with Gasteiger partial charge >= 0.3 is 0 Å². The summed E-state index contributed by atoms with van der Waals surface area (Å²) < 4.78 is 1.95. The molecule has 0 amide bonds. The van der Waals surface area contributed by atoms with Crippen molar-refractivity contribution in [3.63, 3.8) is 0 Å². The second kappa shape index (κ2) is 4.68.